The first-order chi connectivity index (χ1) is 7.51. The van der Waals surface area contributed by atoms with Crippen molar-refractivity contribution in [3.63, 3.8) is 0 Å². The van der Waals surface area contributed by atoms with E-state index in [1.165, 1.54) is 0 Å². The standard InChI is InChI=1S/C13H16O3/c1-4-16-12(15)10-5-7-11(8-6-10)13(2,3)9-14/h5-9H,4H2,1-3H3. The van der Waals surface area contributed by atoms with Crippen LogP contribution in [-0.2, 0) is 14.9 Å². The van der Waals surface area contributed by atoms with Gasteiger partial charge < -0.3 is 9.53 Å². The monoisotopic (exact) mass is 220 g/mol. The molecule has 86 valence electrons. The van der Waals surface area contributed by atoms with Gasteiger partial charge in [-0.1, -0.05) is 12.1 Å². The maximum atomic E-state index is 11.4. The molecule has 0 saturated heterocycles. The molecule has 16 heavy (non-hydrogen) atoms. The van der Waals surface area contributed by atoms with Crippen LogP contribution < -0.4 is 0 Å². The van der Waals surface area contributed by atoms with Crippen LogP contribution in [0, 0.1) is 0 Å². The molecular formula is C13H16O3. The van der Waals surface area contributed by atoms with Crippen LogP contribution in [0.4, 0.5) is 0 Å². The normalized spacial score (nSPS) is 10.9. The van der Waals surface area contributed by atoms with Crippen molar-refractivity contribution >= 4 is 12.3 Å². The highest BCUT2D eigenvalue weighted by molar-refractivity contribution is 5.89. The molecule has 0 aliphatic carbocycles. The van der Waals surface area contributed by atoms with E-state index in [-0.39, 0.29) is 5.97 Å². The van der Waals surface area contributed by atoms with E-state index in [0.29, 0.717) is 12.2 Å². The van der Waals surface area contributed by atoms with E-state index >= 15 is 0 Å². The fraction of sp³-hybridized carbons (Fsp3) is 0.385. The summed E-state index contributed by atoms with van der Waals surface area (Å²) in [7, 11) is 0. The largest absolute Gasteiger partial charge is 0.462 e. The van der Waals surface area contributed by atoms with E-state index in [4.69, 9.17) is 4.74 Å². The van der Waals surface area contributed by atoms with Gasteiger partial charge in [-0.05, 0) is 38.5 Å². The number of hydrogen-bond acceptors (Lipinski definition) is 3. The SMILES string of the molecule is CCOC(=O)c1ccc(C(C)(C)C=O)cc1. The number of carbonyl (C=O) groups excluding carboxylic acids is 2. The molecular weight excluding hydrogens is 204 g/mol. The Morgan fingerprint density at radius 1 is 1.31 bits per heavy atom. The van der Waals surface area contributed by atoms with Crippen LogP contribution in [-0.4, -0.2) is 18.9 Å². The minimum atomic E-state index is -0.521. The van der Waals surface area contributed by atoms with Gasteiger partial charge in [0.25, 0.3) is 0 Å². The fourth-order valence-corrected chi connectivity index (χ4v) is 1.32. The molecule has 0 unspecified atom stereocenters. The molecule has 3 nitrogen and oxygen atoms in total. The van der Waals surface area contributed by atoms with Crippen molar-refractivity contribution in [2.45, 2.75) is 26.2 Å². The van der Waals surface area contributed by atoms with Gasteiger partial charge in [0.05, 0.1) is 12.2 Å². The van der Waals surface area contributed by atoms with Crippen LogP contribution in [0.15, 0.2) is 24.3 Å². The Hall–Kier alpha value is -1.64. The average Bonchev–Trinajstić information content (AvgIpc) is 2.29. The van der Waals surface area contributed by atoms with Crippen LogP contribution in [0.1, 0.15) is 36.7 Å². The van der Waals surface area contributed by atoms with E-state index in [9.17, 15) is 9.59 Å². The molecule has 0 aliphatic heterocycles. The maximum absolute atomic E-state index is 11.4. The van der Waals surface area contributed by atoms with Gasteiger partial charge in [0, 0.05) is 5.41 Å². The first kappa shape index (κ1) is 12.4. The van der Waals surface area contributed by atoms with E-state index in [1.807, 2.05) is 13.8 Å². The summed E-state index contributed by atoms with van der Waals surface area (Å²) < 4.78 is 4.87. The number of benzene rings is 1. The second-order valence-corrected chi connectivity index (χ2v) is 4.14. The van der Waals surface area contributed by atoms with Gasteiger partial charge in [0.2, 0.25) is 0 Å². The maximum Gasteiger partial charge on any atom is 0.338 e. The van der Waals surface area contributed by atoms with E-state index in [2.05, 4.69) is 0 Å². The van der Waals surface area contributed by atoms with Gasteiger partial charge in [0.1, 0.15) is 6.29 Å². The van der Waals surface area contributed by atoms with Crippen molar-refractivity contribution in [3.05, 3.63) is 35.4 Å². The number of ether oxygens (including phenoxy) is 1. The zero-order valence-corrected chi connectivity index (χ0v) is 9.82. The first-order valence-electron chi connectivity index (χ1n) is 5.25. The molecule has 0 aliphatic rings. The number of carbonyl (C=O) groups is 2. The molecule has 0 heterocycles. The van der Waals surface area contributed by atoms with Crippen molar-refractivity contribution < 1.29 is 14.3 Å². The lowest BCUT2D eigenvalue weighted by molar-refractivity contribution is -0.111. The Morgan fingerprint density at radius 2 is 1.88 bits per heavy atom. The first-order valence-corrected chi connectivity index (χ1v) is 5.25. The van der Waals surface area contributed by atoms with Crippen LogP contribution in [0.3, 0.4) is 0 Å². The van der Waals surface area contributed by atoms with Crippen molar-refractivity contribution in [2.75, 3.05) is 6.61 Å². The zero-order valence-electron chi connectivity index (χ0n) is 9.82. The highest BCUT2D eigenvalue weighted by Crippen LogP contribution is 2.20. The molecule has 0 saturated carbocycles. The fourth-order valence-electron chi connectivity index (χ4n) is 1.32. The molecule has 0 fully saturated rings. The second-order valence-electron chi connectivity index (χ2n) is 4.14. The summed E-state index contributed by atoms with van der Waals surface area (Å²) in [5, 5.41) is 0. The van der Waals surface area contributed by atoms with Crippen LogP contribution in [0.2, 0.25) is 0 Å². The van der Waals surface area contributed by atoms with Crippen LogP contribution in [0.5, 0.6) is 0 Å². The number of hydrogen-bond donors (Lipinski definition) is 0. The lowest BCUT2D eigenvalue weighted by atomic mass is 9.86. The average molecular weight is 220 g/mol. The summed E-state index contributed by atoms with van der Waals surface area (Å²) >= 11 is 0. The Bertz CT molecular complexity index is 377. The zero-order chi connectivity index (χ0) is 12.2. The number of rotatable bonds is 4. The predicted molar refractivity (Wildman–Crippen MR) is 61.5 cm³/mol. The summed E-state index contributed by atoms with van der Waals surface area (Å²) in [6.45, 7) is 5.79. The number of aldehydes is 1. The van der Waals surface area contributed by atoms with Gasteiger partial charge in [-0.25, -0.2) is 4.79 Å². The number of esters is 1. The van der Waals surface area contributed by atoms with Gasteiger partial charge in [-0.15, -0.1) is 0 Å². The summed E-state index contributed by atoms with van der Waals surface area (Å²) in [5.41, 5.74) is 0.871. The molecule has 1 aromatic carbocycles. The topological polar surface area (TPSA) is 43.4 Å². The molecule has 0 radical (unpaired) electrons. The molecule has 1 rings (SSSR count). The van der Waals surface area contributed by atoms with Gasteiger partial charge in [0.15, 0.2) is 0 Å². The molecule has 0 N–H and O–H groups in total. The second kappa shape index (κ2) is 4.92. The smallest absolute Gasteiger partial charge is 0.338 e. The Kier molecular flexibility index (Phi) is 3.82. The van der Waals surface area contributed by atoms with Crippen LogP contribution >= 0.6 is 0 Å². The lowest BCUT2D eigenvalue weighted by Crippen LogP contribution is -2.18. The van der Waals surface area contributed by atoms with Crippen molar-refractivity contribution in [3.8, 4) is 0 Å². The van der Waals surface area contributed by atoms with Gasteiger partial charge >= 0.3 is 5.97 Å². The summed E-state index contributed by atoms with van der Waals surface area (Å²) in [6.07, 6.45) is 0.895. The highest BCUT2D eigenvalue weighted by atomic mass is 16.5. The minimum absolute atomic E-state index is 0.335. The minimum Gasteiger partial charge on any atom is -0.462 e. The molecule has 0 spiro atoms. The third kappa shape index (κ3) is 2.69. The lowest BCUT2D eigenvalue weighted by Gasteiger charge is -2.17. The molecule has 0 aromatic heterocycles. The van der Waals surface area contributed by atoms with Crippen LogP contribution in [0.25, 0.3) is 0 Å². The van der Waals surface area contributed by atoms with Gasteiger partial charge in [-0.3, -0.25) is 0 Å². The van der Waals surface area contributed by atoms with E-state index < -0.39 is 5.41 Å². The van der Waals surface area contributed by atoms with Crippen molar-refractivity contribution in [2.24, 2.45) is 0 Å². The van der Waals surface area contributed by atoms with E-state index in [0.717, 1.165) is 11.8 Å². The van der Waals surface area contributed by atoms with E-state index in [1.54, 1.807) is 31.2 Å². The van der Waals surface area contributed by atoms with Gasteiger partial charge in [-0.2, -0.15) is 0 Å². The third-order valence-corrected chi connectivity index (χ3v) is 2.43. The summed E-state index contributed by atoms with van der Waals surface area (Å²) in [4.78, 5) is 22.2. The third-order valence-electron chi connectivity index (χ3n) is 2.43. The Labute approximate surface area is 95.4 Å². The molecule has 1 aromatic rings. The summed E-state index contributed by atoms with van der Waals surface area (Å²) in [6, 6.07) is 6.92. The molecule has 3 heteroatoms. The predicted octanol–water partition coefficient (Wildman–Crippen LogP) is 2.34. The molecule has 0 amide bonds. The Morgan fingerprint density at radius 3 is 2.31 bits per heavy atom. The Balaban J connectivity index is 2.91. The summed E-state index contributed by atoms with van der Waals surface area (Å²) in [5.74, 6) is -0.335. The molecule has 0 bridgehead atoms. The van der Waals surface area contributed by atoms with Crippen molar-refractivity contribution in [1.29, 1.82) is 0 Å². The molecule has 0 atom stereocenters. The van der Waals surface area contributed by atoms with Crippen molar-refractivity contribution in [1.82, 2.24) is 0 Å². The highest BCUT2D eigenvalue weighted by Gasteiger charge is 2.19. The quantitative estimate of drug-likeness (QED) is 0.577.